The molecule has 1 aromatic heterocycles. The molecule has 1 aromatic carbocycles. The third-order valence-corrected chi connectivity index (χ3v) is 7.07. The molecule has 4 heterocycles. The Morgan fingerprint density at radius 3 is 3.04 bits per heavy atom. The number of para-hydroxylation sites is 1. The van der Waals surface area contributed by atoms with Crippen molar-refractivity contribution in [3.05, 3.63) is 35.5 Å². The Morgan fingerprint density at radius 2 is 2.24 bits per heavy atom. The van der Waals surface area contributed by atoms with Crippen LogP contribution in [0.3, 0.4) is 0 Å². The highest BCUT2D eigenvalue weighted by atomic mass is 16.5. The van der Waals surface area contributed by atoms with Gasteiger partial charge in [0.25, 0.3) is 0 Å². The van der Waals surface area contributed by atoms with E-state index in [-0.39, 0.29) is 12.0 Å². The number of benzene rings is 1. The Bertz CT molecular complexity index is 842. The Morgan fingerprint density at radius 1 is 1.40 bits per heavy atom. The number of hydrogen-bond donors (Lipinski definition) is 1. The fourth-order valence-electron chi connectivity index (χ4n) is 6.27. The molecular weight excluding hydrogens is 312 g/mol. The largest absolute Gasteiger partial charge is 0.468 e. The maximum absolute atomic E-state index is 13.3. The van der Waals surface area contributed by atoms with Crippen LogP contribution in [0.2, 0.25) is 0 Å². The van der Waals surface area contributed by atoms with Crippen LogP contribution < -0.4 is 0 Å². The van der Waals surface area contributed by atoms with Crippen LogP contribution in [0.25, 0.3) is 10.9 Å². The number of ether oxygens (including phenoxy) is 1. The summed E-state index contributed by atoms with van der Waals surface area (Å²) in [5.74, 6) is 1.12. The fraction of sp³-hybridized carbons (Fsp3) is 0.571. The lowest BCUT2D eigenvalue weighted by molar-refractivity contribution is -0.162. The van der Waals surface area contributed by atoms with Gasteiger partial charge < -0.3 is 9.72 Å². The zero-order chi connectivity index (χ0) is 17.2. The average molecular weight is 338 g/mol. The van der Waals surface area contributed by atoms with E-state index in [4.69, 9.17) is 4.74 Å². The molecule has 2 aromatic rings. The molecular formula is C21H26N2O2. The second-order valence-electron chi connectivity index (χ2n) is 8.15. The lowest BCUT2D eigenvalue weighted by atomic mass is 9.56. The van der Waals surface area contributed by atoms with Crippen molar-refractivity contribution in [1.82, 2.24) is 9.88 Å². The number of methoxy groups -OCH3 is 1. The molecule has 4 heteroatoms. The topological polar surface area (TPSA) is 45.3 Å². The van der Waals surface area contributed by atoms with E-state index >= 15 is 0 Å². The number of piperidine rings is 2. The van der Waals surface area contributed by atoms with Crippen molar-refractivity contribution in [2.45, 2.75) is 44.1 Å². The van der Waals surface area contributed by atoms with Gasteiger partial charge in [-0.05, 0) is 42.7 Å². The van der Waals surface area contributed by atoms with Crippen LogP contribution in [0.4, 0.5) is 0 Å². The lowest BCUT2D eigenvalue weighted by Crippen LogP contribution is -2.67. The van der Waals surface area contributed by atoms with Gasteiger partial charge in [0.15, 0.2) is 0 Å². The molecule has 0 amide bonds. The zero-order valence-corrected chi connectivity index (χ0v) is 15.0. The first-order valence-electron chi connectivity index (χ1n) is 9.61. The van der Waals surface area contributed by atoms with Gasteiger partial charge >= 0.3 is 5.97 Å². The van der Waals surface area contributed by atoms with Crippen LogP contribution in [0, 0.1) is 11.8 Å². The Hall–Kier alpha value is -1.81. The Balaban J connectivity index is 1.81. The van der Waals surface area contributed by atoms with Crippen LogP contribution in [0.15, 0.2) is 24.3 Å². The molecule has 4 unspecified atom stereocenters. The molecule has 4 aliphatic rings. The second kappa shape index (κ2) is 5.34. The highest BCUT2D eigenvalue weighted by Gasteiger charge is 2.62. The summed E-state index contributed by atoms with van der Waals surface area (Å²) in [7, 11) is 1.55. The maximum Gasteiger partial charge on any atom is 0.319 e. The first-order valence-corrected chi connectivity index (χ1v) is 9.61. The van der Waals surface area contributed by atoms with Crippen molar-refractivity contribution < 1.29 is 9.53 Å². The smallest absolute Gasteiger partial charge is 0.319 e. The number of H-pyrrole nitrogens is 1. The number of nitrogens with one attached hydrogen (secondary N) is 1. The van der Waals surface area contributed by atoms with Gasteiger partial charge in [0, 0.05) is 35.7 Å². The van der Waals surface area contributed by atoms with Crippen molar-refractivity contribution in [2.24, 2.45) is 11.8 Å². The molecule has 0 spiro atoms. The first kappa shape index (κ1) is 15.4. The predicted molar refractivity (Wildman–Crippen MR) is 97.6 cm³/mol. The minimum Gasteiger partial charge on any atom is -0.468 e. The van der Waals surface area contributed by atoms with Gasteiger partial charge in [-0.1, -0.05) is 31.5 Å². The van der Waals surface area contributed by atoms with Gasteiger partial charge in [-0.15, -0.1) is 0 Å². The summed E-state index contributed by atoms with van der Waals surface area (Å²) in [6.07, 6.45) is 4.33. The monoisotopic (exact) mass is 338 g/mol. The predicted octanol–water partition coefficient (Wildman–Crippen LogP) is 3.26. The number of aromatic amines is 1. The fourth-order valence-corrected chi connectivity index (χ4v) is 6.27. The molecule has 4 bridgehead atoms. The SMILES string of the molecule is CCC1CC2CN3CCc4c([nH]c5ccccc45)C(C(=O)OC)(C2)[C@H]13. The Kier molecular flexibility index (Phi) is 3.30. The van der Waals surface area contributed by atoms with Gasteiger partial charge in [-0.3, -0.25) is 9.69 Å². The van der Waals surface area contributed by atoms with Gasteiger partial charge in [0.2, 0.25) is 0 Å². The minimum atomic E-state index is -0.526. The number of esters is 1. The number of nitrogens with zero attached hydrogens (tertiary/aromatic N) is 1. The highest BCUT2D eigenvalue weighted by molar-refractivity contribution is 5.91. The summed E-state index contributed by atoms with van der Waals surface area (Å²) in [6.45, 7) is 4.46. The van der Waals surface area contributed by atoms with Crippen molar-refractivity contribution >= 4 is 16.9 Å². The van der Waals surface area contributed by atoms with Crippen molar-refractivity contribution in [2.75, 3.05) is 20.2 Å². The van der Waals surface area contributed by atoms with Crippen LogP contribution in [-0.4, -0.2) is 42.1 Å². The van der Waals surface area contributed by atoms with Crippen LogP contribution >= 0.6 is 0 Å². The molecule has 3 aliphatic heterocycles. The number of carbonyl (C=O) groups is 1. The molecule has 3 fully saturated rings. The summed E-state index contributed by atoms with van der Waals surface area (Å²) < 4.78 is 5.43. The molecule has 6 rings (SSSR count). The standard InChI is InChI=1S/C21H26N2O2/c1-3-14-10-13-11-21(20(24)25-2)18-16(8-9-23(12-13)19(14)21)15-6-4-5-7-17(15)22-18/h4-7,13-14,19,22H,3,8-12H2,1-2H3/t13?,14?,19-,21?/m0/s1. The van der Waals surface area contributed by atoms with Gasteiger partial charge in [0.1, 0.15) is 5.41 Å². The number of fused-ring (bicyclic) bond motifs is 4. The van der Waals surface area contributed by atoms with Crippen molar-refractivity contribution in [3.63, 3.8) is 0 Å². The zero-order valence-electron chi connectivity index (χ0n) is 15.0. The van der Waals surface area contributed by atoms with Gasteiger partial charge in [-0.25, -0.2) is 0 Å². The molecule has 1 saturated carbocycles. The highest BCUT2D eigenvalue weighted by Crippen LogP contribution is 2.55. The van der Waals surface area contributed by atoms with E-state index in [9.17, 15) is 4.79 Å². The summed E-state index contributed by atoms with van der Waals surface area (Å²) in [6, 6.07) is 8.75. The van der Waals surface area contributed by atoms with E-state index in [0.29, 0.717) is 11.8 Å². The third-order valence-electron chi connectivity index (χ3n) is 7.07. The number of rotatable bonds is 2. The Labute approximate surface area is 148 Å². The van der Waals surface area contributed by atoms with Crippen molar-refractivity contribution in [3.8, 4) is 0 Å². The lowest BCUT2D eigenvalue weighted by Gasteiger charge is -2.57. The summed E-state index contributed by atoms with van der Waals surface area (Å²) in [5.41, 5.74) is 3.11. The van der Waals surface area contributed by atoms with E-state index in [2.05, 4.69) is 41.1 Å². The van der Waals surface area contributed by atoms with E-state index in [1.54, 1.807) is 7.11 Å². The second-order valence-corrected chi connectivity index (χ2v) is 8.15. The third kappa shape index (κ3) is 1.89. The van der Waals surface area contributed by atoms with Crippen LogP contribution in [0.1, 0.15) is 37.4 Å². The van der Waals surface area contributed by atoms with Crippen molar-refractivity contribution in [1.29, 1.82) is 0 Å². The molecule has 0 radical (unpaired) electrons. The van der Waals surface area contributed by atoms with Gasteiger partial charge in [0.05, 0.1) is 7.11 Å². The van der Waals surface area contributed by atoms with E-state index in [1.807, 2.05) is 0 Å². The number of aromatic nitrogens is 1. The quantitative estimate of drug-likeness (QED) is 0.855. The molecule has 4 nitrogen and oxygen atoms in total. The molecule has 132 valence electrons. The minimum absolute atomic E-state index is 0.0416. The van der Waals surface area contributed by atoms with E-state index < -0.39 is 5.41 Å². The van der Waals surface area contributed by atoms with Crippen LogP contribution in [0.5, 0.6) is 0 Å². The van der Waals surface area contributed by atoms with Crippen LogP contribution in [-0.2, 0) is 21.4 Å². The molecule has 1 N–H and O–H groups in total. The van der Waals surface area contributed by atoms with Gasteiger partial charge in [-0.2, -0.15) is 0 Å². The first-order chi connectivity index (χ1) is 12.2. The molecule has 25 heavy (non-hydrogen) atoms. The average Bonchev–Trinajstić information content (AvgIpc) is 3.00. The normalized spacial score (nSPS) is 36.1. The molecule has 1 aliphatic carbocycles. The number of hydrogen-bond acceptors (Lipinski definition) is 3. The number of carbonyl (C=O) groups excluding carboxylic acids is 1. The summed E-state index contributed by atoms with van der Waals surface area (Å²) >= 11 is 0. The molecule has 5 atom stereocenters. The van der Waals surface area contributed by atoms with E-state index in [1.165, 1.54) is 17.4 Å². The summed E-state index contributed by atoms with van der Waals surface area (Å²) in [5, 5.41) is 1.28. The molecule has 2 saturated heterocycles. The van der Waals surface area contributed by atoms with E-state index in [0.717, 1.165) is 43.6 Å². The maximum atomic E-state index is 13.3. The summed E-state index contributed by atoms with van der Waals surface area (Å²) in [4.78, 5) is 19.5.